The molecule has 0 saturated carbocycles. The van der Waals surface area contributed by atoms with Crippen molar-refractivity contribution in [2.75, 3.05) is 7.11 Å². The lowest BCUT2D eigenvalue weighted by molar-refractivity contribution is -0.127. The van der Waals surface area contributed by atoms with Crippen molar-refractivity contribution in [1.82, 2.24) is 20.1 Å². The maximum absolute atomic E-state index is 12.6. The van der Waals surface area contributed by atoms with Crippen LogP contribution in [-0.4, -0.2) is 33.9 Å². The molecule has 0 radical (unpaired) electrons. The average Bonchev–Trinajstić information content (AvgIpc) is 3.15. The molecule has 0 aliphatic carbocycles. The zero-order valence-electron chi connectivity index (χ0n) is 18.6. The Hall–Kier alpha value is -3.87. The van der Waals surface area contributed by atoms with Crippen LogP contribution in [0.2, 0.25) is 0 Å². The summed E-state index contributed by atoms with van der Waals surface area (Å²) in [6.45, 7) is 6.08. The lowest BCUT2D eigenvalue weighted by Gasteiger charge is -2.15. The maximum Gasteiger partial charge on any atom is 0.261 e. The second-order valence-corrected chi connectivity index (χ2v) is 7.63. The summed E-state index contributed by atoms with van der Waals surface area (Å²) >= 11 is 0. The molecule has 0 spiro atoms. The summed E-state index contributed by atoms with van der Waals surface area (Å²) in [6, 6.07) is 19.2. The molecule has 0 saturated heterocycles. The molecule has 2 aromatic carbocycles. The smallest absolute Gasteiger partial charge is 0.261 e. The molecule has 7 heteroatoms. The van der Waals surface area contributed by atoms with Crippen LogP contribution in [-0.2, 0) is 11.3 Å². The molecule has 1 atom stereocenters. The zero-order valence-corrected chi connectivity index (χ0v) is 18.6. The average molecular weight is 431 g/mol. The molecule has 0 aliphatic rings. The fourth-order valence-electron chi connectivity index (χ4n) is 3.59. The standard InChI is InChI=1S/C25H26N4O3/c1-16-14-22(27-24-23(16)17(2)28-29(24)20-8-6-5-7-9-20)32-18(3)25(30)26-15-19-10-12-21(31-4)13-11-19/h5-14,18H,15H2,1-4H3,(H,26,30)/t18-/m1/s1. The minimum Gasteiger partial charge on any atom is -0.497 e. The molecule has 4 aromatic rings. The van der Waals surface area contributed by atoms with Gasteiger partial charge in [0.15, 0.2) is 11.8 Å². The first-order valence-electron chi connectivity index (χ1n) is 10.5. The van der Waals surface area contributed by atoms with Gasteiger partial charge in [0.25, 0.3) is 5.91 Å². The summed E-state index contributed by atoms with van der Waals surface area (Å²) in [4.78, 5) is 17.3. The normalized spacial score (nSPS) is 11.9. The van der Waals surface area contributed by atoms with E-state index in [1.165, 1.54) is 0 Å². The minimum absolute atomic E-state index is 0.215. The molecule has 1 amide bonds. The molecular formula is C25H26N4O3. The number of pyridine rings is 1. The molecule has 0 aliphatic heterocycles. The second-order valence-electron chi connectivity index (χ2n) is 7.63. The van der Waals surface area contributed by atoms with E-state index < -0.39 is 6.10 Å². The number of carbonyl (C=O) groups excluding carboxylic acids is 1. The Morgan fingerprint density at radius 1 is 1.09 bits per heavy atom. The number of aromatic nitrogens is 3. The third-order valence-corrected chi connectivity index (χ3v) is 5.28. The van der Waals surface area contributed by atoms with Crippen LogP contribution in [0.5, 0.6) is 11.6 Å². The van der Waals surface area contributed by atoms with Crippen molar-refractivity contribution in [2.24, 2.45) is 0 Å². The fraction of sp³-hybridized carbons (Fsp3) is 0.240. The van der Waals surface area contributed by atoms with E-state index in [0.717, 1.165) is 33.6 Å². The number of amides is 1. The SMILES string of the molecule is COc1ccc(CNC(=O)[C@@H](C)Oc2cc(C)c3c(C)nn(-c4ccccc4)c3n2)cc1. The molecule has 32 heavy (non-hydrogen) atoms. The number of benzene rings is 2. The van der Waals surface area contributed by atoms with E-state index in [-0.39, 0.29) is 5.91 Å². The first kappa shape index (κ1) is 21.4. The first-order chi connectivity index (χ1) is 15.5. The van der Waals surface area contributed by atoms with Gasteiger partial charge < -0.3 is 14.8 Å². The molecule has 164 valence electrons. The van der Waals surface area contributed by atoms with E-state index in [4.69, 9.17) is 9.47 Å². The Morgan fingerprint density at radius 3 is 2.50 bits per heavy atom. The monoisotopic (exact) mass is 430 g/mol. The van der Waals surface area contributed by atoms with Gasteiger partial charge in [0, 0.05) is 18.0 Å². The van der Waals surface area contributed by atoms with Crippen molar-refractivity contribution >= 4 is 16.9 Å². The van der Waals surface area contributed by atoms with Crippen LogP contribution >= 0.6 is 0 Å². The molecule has 2 aromatic heterocycles. The quantitative estimate of drug-likeness (QED) is 0.477. The van der Waals surface area contributed by atoms with Gasteiger partial charge in [-0.3, -0.25) is 4.79 Å². The van der Waals surface area contributed by atoms with Gasteiger partial charge >= 0.3 is 0 Å². The molecule has 0 fully saturated rings. The zero-order chi connectivity index (χ0) is 22.7. The highest BCUT2D eigenvalue weighted by molar-refractivity contribution is 5.84. The number of hydrogen-bond donors (Lipinski definition) is 1. The summed E-state index contributed by atoms with van der Waals surface area (Å²) in [5, 5.41) is 8.55. The fourth-order valence-corrected chi connectivity index (χ4v) is 3.59. The Kier molecular flexibility index (Phi) is 6.07. The number of ether oxygens (including phenoxy) is 2. The number of carbonyl (C=O) groups is 1. The number of fused-ring (bicyclic) bond motifs is 1. The number of hydrogen-bond acceptors (Lipinski definition) is 5. The van der Waals surface area contributed by atoms with E-state index in [1.54, 1.807) is 18.7 Å². The van der Waals surface area contributed by atoms with Crippen LogP contribution < -0.4 is 14.8 Å². The van der Waals surface area contributed by atoms with Crippen LogP contribution in [0.25, 0.3) is 16.7 Å². The van der Waals surface area contributed by atoms with Crippen LogP contribution in [0.15, 0.2) is 60.7 Å². The van der Waals surface area contributed by atoms with Crippen molar-refractivity contribution < 1.29 is 14.3 Å². The summed E-state index contributed by atoms with van der Waals surface area (Å²) in [6.07, 6.45) is -0.702. The van der Waals surface area contributed by atoms with Crippen LogP contribution in [0.1, 0.15) is 23.7 Å². The number of nitrogens with one attached hydrogen (secondary N) is 1. The minimum atomic E-state index is -0.702. The van der Waals surface area contributed by atoms with Crippen molar-refractivity contribution in [2.45, 2.75) is 33.4 Å². The molecule has 0 bridgehead atoms. The molecule has 0 unspecified atom stereocenters. The van der Waals surface area contributed by atoms with Crippen LogP contribution in [0, 0.1) is 13.8 Å². The predicted molar refractivity (Wildman–Crippen MR) is 123 cm³/mol. The largest absolute Gasteiger partial charge is 0.497 e. The number of rotatable bonds is 7. The Bertz CT molecular complexity index is 1230. The third-order valence-electron chi connectivity index (χ3n) is 5.28. The second kappa shape index (κ2) is 9.09. The van der Waals surface area contributed by atoms with Crippen LogP contribution in [0.4, 0.5) is 0 Å². The Balaban J connectivity index is 1.51. The van der Waals surface area contributed by atoms with Crippen molar-refractivity contribution in [1.29, 1.82) is 0 Å². The summed E-state index contributed by atoms with van der Waals surface area (Å²) in [7, 11) is 1.62. The highest BCUT2D eigenvalue weighted by Gasteiger charge is 2.19. The van der Waals surface area contributed by atoms with Crippen molar-refractivity contribution in [3.8, 4) is 17.3 Å². The summed E-state index contributed by atoms with van der Waals surface area (Å²) < 4.78 is 12.9. The van der Waals surface area contributed by atoms with Gasteiger partial charge in [-0.25, -0.2) is 4.68 Å². The van der Waals surface area contributed by atoms with Gasteiger partial charge in [-0.1, -0.05) is 30.3 Å². The van der Waals surface area contributed by atoms with E-state index >= 15 is 0 Å². The van der Waals surface area contributed by atoms with E-state index in [0.29, 0.717) is 18.1 Å². The molecule has 2 heterocycles. The van der Waals surface area contributed by atoms with Gasteiger partial charge in [-0.2, -0.15) is 10.1 Å². The number of methoxy groups -OCH3 is 1. The molecular weight excluding hydrogens is 404 g/mol. The highest BCUT2D eigenvalue weighted by atomic mass is 16.5. The molecule has 7 nitrogen and oxygen atoms in total. The maximum atomic E-state index is 12.6. The molecule has 1 N–H and O–H groups in total. The lowest BCUT2D eigenvalue weighted by atomic mass is 10.1. The Labute approximate surface area is 187 Å². The molecule has 4 rings (SSSR count). The van der Waals surface area contributed by atoms with E-state index in [1.807, 2.05) is 74.5 Å². The van der Waals surface area contributed by atoms with Crippen LogP contribution in [0.3, 0.4) is 0 Å². The number of para-hydroxylation sites is 1. The summed E-state index contributed by atoms with van der Waals surface area (Å²) in [5.74, 6) is 0.950. The van der Waals surface area contributed by atoms with Gasteiger partial charge in [-0.15, -0.1) is 0 Å². The van der Waals surface area contributed by atoms with Crippen molar-refractivity contribution in [3.05, 3.63) is 77.5 Å². The van der Waals surface area contributed by atoms with E-state index in [9.17, 15) is 4.79 Å². The highest BCUT2D eigenvalue weighted by Crippen LogP contribution is 2.27. The third kappa shape index (κ3) is 4.42. The van der Waals surface area contributed by atoms with Crippen molar-refractivity contribution in [3.63, 3.8) is 0 Å². The number of aryl methyl sites for hydroxylation is 2. The first-order valence-corrected chi connectivity index (χ1v) is 10.5. The summed E-state index contributed by atoms with van der Waals surface area (Å²) in [5.41, 5.74) is 4.49. The van der Waals surface area contributed by atoms with Gasteiger partial charge in [0.05, 0.1) is 18.5 Å². The van der Waals surface area contributed by atoms with Gasteiger partial charge in [0.1, 0.15) is 5.75 Å². The van der Waals surface area contributed by atoms with Gasteiger partial charge in [-0.05, 0) is 56.2 Å². The number of nitrogens with zero attached hydrogens (tertiary/aromatic N) is 3. The van der Waals surface area contributed by atoms with E-state index in [2.05, 4.69) is 15.4 Å². The lowest BCUT2D eigenvalue weighted by Crippen LogP contribution is -2.36. The predicted octanol–water partition coefficient (Wildman–Crippen LogP) is 4.13. The topological polar surface area (TPSA) is 78.3 Å². The Morgan fingerprint density at radius 2 is 1.81 bits per heavy atom. The van der Waals surface area contributed by atoms with Gasteiger partial charge in [0.2, 0.25) is 5.88 Å².